The van der Waals surface area contributed by atoms with Crippen LogP contribution in [0.4, 0.5) is 4.39 Å². The van der Waals surface area contributed by atoms with Gasteiger partial charge in [-0.25, -0.2) is 14.4 Å². The first-order valence-electron chi connectivity index (χ1n) is 11.8. The zero-order valence-corrected chi connectivity index (χ0v) is 21.7. The summed E-state index contributed by atoms with van der Waals surface area (Å²) in [4.78, 5) is 21.7. The number of hydrogen-bond acceptors (Lipinski definition) is 6. The zero-order chi connectivity index (χ0) is 26.4. The van der Waals surface area contributed by atoms with E-state index in [-0.39, 0.29) is 5.82 Å². The number of halogens is 1. The van der Waals surface area contributed by atoms with Crippen LogP contribution in [0, 0.1) is 12.7 Å². The van der Waals surface area contributed by atoms with Gasteiger partial charge in [-0.15, -0.1) is 0 Å². The van der Waals surface area contributed by atoms with Crippen molar-refractivity contribution < 1.29 is 4.39 Å². The molecule has 38 heavy (non-hydrogen) atoms. The van der Waals surface area contributed by atoms with Crippen LogP contribution in [-0.4, -0.2) is 53.1 Å². The van der Waals surface area contributed by atoms with Gasteiger partial charge in [0.2, 0.25) is 0 Å². The Morgan fingerprint density at radius 2 is 1.76 bits per heavy atom. The zero-order valence-electron chi connectivity index (χ0n) is 20.9. The highest BCUT2D eigenvalue weighted by atomic mass is 32.2. The molecule has 0 aliphatic carbocycles. The van der Waals surface area contributed by atoms with Gasteiger partial charge in [0.25, 0.3) is 0 Å². The SMILES string of the molecule is C=S(=C)(C)NCc1cc(F)cc(-c2cncc3[nH]c(-c4n[nH]c5ccc(-c6cncc(C)c6)nc45)nc23)c1. The van der Waals surface area contributed by atoms with Crippen LogP contribution in [0.2, 0.25) is 0 Å². The summed E-state index contributed by atoms with van der Waals surface area (Å²) in [7, 11) is -1.43. The number of nitrogens with one attached hydrogen (secondary N) is 3. The summed E-state index contributed by atoms with van der Waals surface area (Å²) in [6.45, 7) is 2.46. The Balaban J connectivity index is 1.43. The summed E-state index contributed by atoms with van der Waals surface area (Å²) in [6, 6.07) is 10.8. The lowest BCUT2D eigenvalue weighted by atomic mass is 10.0. The second-order valence-corrected chi connectivity index (χ2v) is 12.4. The Morgan fingerprint density at radius 1 is 0.921 bits per heavy atom. The lowest BCUT2D eigenvalue weighted by Crippen LogP contribution is -2.08. The van der Waals surface area contributed by atoms with Crippen molar-refractivity contribution >= 4 is 43.2 Å². The lowest BCUT2D eigenvalue weighted by molar-refractivity contribution is 0.625. The molecule has 0 radical (unpaired) electrons. The highest BCUT2D eigenvalue weighted by Gasteiger charge is 2.18. The number of aryl methyl sites for hydroxylation is 1. The highest BCUT2D eigenvalue weighted by molar-refractivity contribution is 8.25. The molecule has 8 nitrogen and oxygen atoms in total. The van der Waals surface area contributed by atoms with Crippen LogP contribution < -0.4 is 4.72 Å². The quantitative estimate of drug-likeness (QED) is 0.253. The van der Waals surface area contributed by atoms with E-state index in [9.17, 15) is 4.39 Å². The van der Waals surface area contributed by atoms with Crippen molar-refractivity contribution in [3.8, 4) is 33.9 Å². The fourth-order valence-corrected chi connectivity index (χ4v) is 4.86. The molecule has 0 amide bonds. The maximum Gasteiger partial charge on any atom is 0.161 e. The number of benzene rings is 1. The molecule has 0 atom stereocenters. The number of hydrogen-bond donors (Lipinski definition) is 3. The molecule has 190 valence electrons. The number of fused-ring (bicyclic) bond motifs is 2. The molecule has 0 saturated heterocycles. The number of rotatable bonds is 6. The van der Waals surface area contributed by atoms with Gasteiger partial charge in [0.1, 0.15) is 11.3 Å². The average molecular weight is 525 g/mol. The first-order chi connectivity index (χ1) is 18.2. The maximum absolute atomic E-state index is 14.6. The number of nitrogens with zero attached hydrogens (tertiary/aromatic N) is 5. The van der Waals surface area contributed by atoms with Crippen LogP contribution in [-0.2, 0) is 6.54 Å². The highest BCUT2D eigenvalue weighted by Crippen LogP contribution is 2.32. The fourth-order valence-electron chi connectivity index (χ4n) is 4.34. The predicted molar refractivity (Wildman–Crippen MR) is 155 cm³/mol. The van der Waals surface area contributed by atoms with Crippen molar-refractivity contribution in [1.29, 1.82) is 0 Å². The summed E-state index contributed by atoms with van der Waals surface area (Å²) in [5.41, 5.74) is 8.39. The largest absolute Gasteiger partial charge is 0.335 e. The number of aromatic nitrogens is 7. The van der Waals surface area contributed by atoms with E-state index in [1.165, 1.54) is 12.1 Å². The van der Waals surface area contributed by atoms with Crippen molar-refractivity contribution in [2.24, 2.45) is 0 Å². The van der Waals surface area contributed by atoms with Gasteiger partial charge in [-0.3, -0.25) is 19.8 Å². The molecule has 0 bridgehead atoms. The molecule has 5 aromatic heterocycles. The third-order valence-electron chi connectivity index (χ3n) is 6.09. The molecule has 0 fully saturated rings. The van der Waals surface area contributed by atoms with Crippen molar-refractivity contribution in [2.45, 2.75) is 13.5 Å². The van der Waals surface area contributed by atoms with Gasteiger partial charge in [-0.2, -0.15) is 14.5 Å². The Bertz CT molecular complexity index is 1940. The lowest BCUT2D eigenvalue weighted by Gasteiger charge is -2.12. The van der Waals surface area contributed by atoms with Gasteiger partial charge in [0, 0.05) is 36.3 Å². The van der Waals surface area contributed by atoms with E-state index in [2.05, 4.69) is 41.6 Å². The van der Waals surface area contributed by atoms with Crippen molar-refractivity contribution in [3.63, 3.8) is 0 Å². The number of aromatic amines is 2. The molecule has 10 heteroatoms. The van der Waals surface area contributed by atoms with Gasteiger partial charge in [-0.1, -0.05) is 11.7 Å². The third kappa shape index (κ3) is 4.67. The minimum absolute atomic E-state index is 0.336. The van der Waals surface area contributed by atoms with E-state index in [0.717, 1.165) is 27.9 Å². The molecule has 3 N–H and O–H groups in total. The van der Waals surface area contributed by atoms with Crippen molar-refractivity contribution in [3.05, 3.63) is 78.1 Å². The van der Waals surface area contributed by atoms with Crippen LogP contribution in [0.3, 0.4) is 0 Å². The molecule has 0 aliphatic rings. The molecular weight excluding hydrogens is 499 g/mol. The van der Waals surface area contributed by atoms with Crippen LogP contribution in [0.1, 0.15) is 11.1 Å². The average Bonchev–Trinajstić information content (AvgIpc) is 3.50. The molecule has 6 aromatic rings. The molecule has 0 spiro atoms. The van der Waals surface area contributed by atoms with Crippen LogP contribution >= 0.6 is 9.39 Å². The minimum Gasteiger partial charge on any atom is -0.335 e. The van der Waals surface area contributed by atoms with E-state index >= 15 is 0 Å². The van der Waals surface area contributed by atoms with Crippen molar-refractivity contribution in [1.82, 2.24) is 39.8 Å². The van der Waals surface area contributed by atoms with Crippen LogP contribution in [0.25, 0.3) is 56.0 Å². The summed E-state index contributed by atoms with van der Waals surface area (Å²) in [5, 5.41) is 7.54. The molecule has 5 heterocycles. The Labute approximate surface area is 219 Å². The van der Waals surface area contributed by atoms with E-state index in [1.54, 1.807) is 18.6 Å². The van der Waals surface area contributed by atoms with E-state index in [4.69, 9.17) is 9.97 Å². The van der Waals surface area contributed by atoms with E-state index in [0.29, 0.717) is 45.7 Å². The van der Waals surface area contributed by atoms with Gasteiger partial charge >= 0.3 is 0 Å². The topological polar surface area (TPSA) is 108 Å². The number of imidazole rings is 1. The first-order valence-corrected chi connectivity index (χ1v) is 14.2. The summed E-state index contributed by atoms with van der Waals surface area (Å²) >= 11 is 0. The first kappa shape index (κ1) is 24.0. The van der Waals surface area contributed by atoms with E-state index < -0.39 is 9.39 Å². The smallest absolute Gasteiger partial charge is 0.161 e. The fraction of sp³-hybridized carbons (Fsp3) is 0.107. The standard InChI is InChI=1S/C28H25FN8S/c1-16-7-19(13-30-11-16)22-5-6-23-26(33-22)27(37-36-23)28-34-24-15-31-14-21(25(24)35-28)18-8-17(9-20(29)10-18)12-32-38(2,3)4/h5-11,13-15,32H,2-3,12H2,1,4H3,(H,34,35)(H,36,37). The third-order valence-corrected chi connectivity index (χ3v) is 6.93. The predicted octanol–water partition coefficient (Wildman–Crippen LogP) is 5.38. The molecule has 6 rings (SSSR count). The summed E-state index contributed by atoms with van der Waals surface area (Å²) in [5.74, 6) is 8.27. The summed E-state index contributed by atoms with van der Waals surface area (Å²) in [6.07, 6.45) is 8.93. The Hall–Kier alpha value is -4.41. The van der Waals surface area contributed by atoms with E-state index in [1.807, 2.05) is 43.6 Å². The molecule has 1 aromatic carbocycles. The van der Waals surface area contributed by atoms with Gasteiger partial charge in [-0.05, 0) is 66.3 Å². The molecular formula is C28H25FN8S. The van der Waals surface area contributed by atoms with Crippen LogP contribution in [0.5, 0.6) is 0 Å². The monoisotopic (exact) mass is 524 g/mol. The number of pyridine rings is 3. The normalized spacial score (nSPS) is 12.0. The van der Waals surface area contributed by atoms with Gasteiger partial charge in [0.15, 0.2) is 11.5 Å². The summed E-state index contributed by atoms with van der Waals surface area (Å²) < 4.78 is 17.9. The molecule has 0 aliphatic heterocycles. The Kier molecular flexibility index (Phi) is 5.77. The van der Waals surface area contributed by atoms with Crippen LogP contribution in [0.15, 0.2) is 61.2 Å². The molecule has 0 saturated carbocycles. The second-order valence-electron chi connectivity index (χ2n) is 9.53. The molecule has 0 unspecified atom stereocenters. The van der Waals surface area contributed by atoms with Gasteiger partial charge < -0.3 is 4.98 Å². The second kappa shape index (κ2) is 9.16. The Morgan fingerprint density at radius 3 is 2.58 bits per heavy atom. The minimum atomic E-state index is -1.43. The maximum atomic E-state index is 14.6. The van der Waals surface area contributed by atoms with Gasteiger partial charge in [0.05, 0.1) is 28.4 Å². The number of H-pyrrole nitrogens is 2. The van der Waals surface area contributed by atoms with Crippen molar-refractivity contribution in [2.75, 3.05) is 6.26 Å².